The van der Waals surface area contributed by atoms with Crippen molar-refractivity contribution in [3.8, 4) is 44.9 Å². The highest BCUT2D eigenvalue weighted by Crippen LogP contribution is 2.50. The maximum atomic E-state index is 11.4. The Kier molecular flexibility index (Phi) is 8.54. The van der Waals surface area contributed by atoms with Crippen molar-refractivity contribution in [2.45, 2.75) is 37.8 Å². The van der Waals surface area contributed by atoms with Gasteiger partial charge in [-0.3, -0.25) is 19.4 Å². The van der Waals surface area contributed by atoms with Gasteiger partial charge in [0.25, 0.3) is 0 Å². The highest BCUT2D eigenvalue weighted by Gasteiger charge is 2.42. The lowest BCUT2D eigenvalue weighted by molar-refractivity contribution is -0.149. The molecule has 2 atom stereocenters. The zero-order valence-electron chi connectivity index (χ0n) is 27.9. The molecule has 2 N–H and O–H groups in total. The van der Waals surface area contributed by atoms with Crippen LogP contribution in [0.1, 0.15) is 47.2 Å². The van der Waals surface area contributed by atoms with E-state index in [0.29, 0.717) is 36.2 Å². The van der Waals surface area contributed by atoms with Crippen molar-refractivity contribution < 1.29 is 29.3 Å². The molecule has 0 radical (unpaired) electrons. The van der Waals surface area contributed by atoms with Crippen molar-refractivity contribution in [1.82, 2.24) is 9.80 Å². The lowest BCUT2D eigenvalue weighted by Gasteiger charge is -2.41. The Morgan fingerprint density at radius 2 is 1.02 bits per heavy atom. The molecular formula is C40H38Cl2N2O6. The van der Waals surface area contributed by atoms with Crippen LogP contribution in [0.5, 0.6) is 11.5 Å². The predicted octanol–water partition coefficient (Wildman–Crippen LogP) is 8.02. The molecule has 8 nitrogen and oxygen atoms in total. The van der Waals surface area contributed by atoms with Crippen molar-refractivity contribution in [2.75, 3.05) is 40.4 Å². The number of likely N-dealkylation sites (tertiary alicyclic amines) is 2. The summed E-state index contributed by atoms with van der Waals surface area (Å²) in [5, 5.41) is 20.0. The minimum Gasteiger partial charge on any atom is -0.496 e. The van der Waals surface area contributed by atoms with Crippen molar-refractivity contribution in [1.29, 1.82) is 0 Å². The Morgan fingerprint density at radius 3 is 1.38 bits per heavy atom. The van der Waals surface area contributed by atoms with Crippen LogP contribution in [0.25, 0.3) is 33.4 Å². The summed E-state index contributed by atoms with van der Waals surface area (Å²) in [5.41, 5.74) is 10.0. The molecule has 10 heteroatoms. The Balaban J connectivity index is 1.11. The Hall–Kier alpha value is -4.08. The first kappa shape index (κ1) is 33.1. The van der Waals surface area contributed by atoms with Crippen LogP contribution in [0.15, 0.2) is 60.7 Å². The van der Waals surface area contributed by atoms with Crippen LogP contribution in [-0.4, -0.2) is 72.4 Å². The molecule has 0 aromatic heterocycles. The van der Waals surface area contributed by atoms with E-state index < -0.39 is 11.9 Å². The molecule has 0 bridgehead atoms. The van der Waals surface area contributed by atoms with Gasteiger partial charge >= 0.3 is 11.9 Å². The number of benzene rings is 4. The minimum atomic E-state index is -0.733. The maximum absolute atomic E-state index is 11.4. The van der Waals surface area contributed by atoms with E-state index in [1.165, 1.54) is 11.1 Å². The zero-order chi connectivity index (χ0) is 34.8. The zero-order valence-corrected chi connectivity index (χ0v) is 29.4. The van der Waals surface area contributed by atoms with Crippen molar-refractivity contribution in [3.63, 3.8) is 0 Å². The molecule has 0 spiro atoms. The fourth-order valence-corrected chi connectivity index (χ4v) is 9.24. The summed E-state index contributed by atoms with van der Waals surface area (Å²) in [6.07, 6.45) is 3.62. The lowest BCUT2D eigenvalue weighted by Crippen LogP contribution is -2.51. The van der Waals surface area contributed by atoms with Crippen LogP contribution < -0.4 is 9.47 Å². The first-order chi connectivity index (χ1) is 24.2. The van der Waals surface area contributed by atoms with E-state index in [0.717, 1.165) is 81.7 Å². The first-order valence-electron chi connectivity index (χ1n) is 17.1. The third-order valence-corrected chi connectivity index (χ3v) is 12.1. The fourth-order valence-electron chi connectivity index (χ4n) is 8.56. The monoisotopic (exact) mass is 712 g/mol. The molecule has 0 unspecified atom stereocenters. The number of carbonyl (C=O) groups is 2. The number of fused-ring (bicyclic) bond motifs is 2. The van der Waals surface area contributed by atoms with Crippen LogP contribution in [-0.2, 0) is 22.4 Å². The summed E-state index contributed by atoms with van der Waals surface area (Å²) in [5.74, 6) is -0.489. The SMILES string of the molecule is COc1cc(-c2cccc(-c3cccc(-c4cc5c(c(OC)c4)[C@H](N4CC(C(=O)O)C4)CC5)c3Cl)c2Cl)cc2c1[C@H](N1CC(C(=O)O)C1)CC2. The molecule has 4 aromatic rings. The molecule has 4 aromatic carbocycles. The van der Waals surface area contributed by atoms with Gasteiger partial charge in [0.2, 0.25) is 0 Å². The summed E-state index contributed by atoms with van der Waals surface area (Å²) >= 11 is 14.5. The number of ether oxygens (including phenoxy) is 2. The second-order valence-electron chi connectivity index (χ2n) is 13.9. The molecule has 0 saturated carbocycles. The van der Waals surface area contributed by atoms with Gasteiger partial charge in [0.1, 0.15) is 11.5 Å². The fraction of sp³-hybridized carbons (Fsp3) is 0.350. The number of methoxy groups -OCH3 is 2. The average molecular weight is 714 g/mol. The number of rotatable bonds is 9. The number of carboxylic acid groups (broad SMARTS) is 2. The number of nitrogens with zero attached hydrogens (tertiary/aromatic N) is 2. The number of hydrogen-bond donors (Lipinski definition) is 2. The van der Waals surface area contributed by atoms with Crippen molar-refractivity contribution >= 4 is 35.1 Å². The van der Waals surface area contributed by atoms with E-state index >= 15 is 0 Å². The van der Waals surface area contributed by atoms with Gasteiger partial charge in [-0.2, -0.15) is 0 Å². The lowest BCUT2D eigenvalue weighted by atomic mass is 9.91. The number of carboxylic acids is 2. The number of halogens is 2. The second kappa shape index (κ2) is 12.9. The van der Waals surface area contributed by atoms with E-state index in [-0.39, 0.29) is 23.9 Å². The van der Waals surface area contributed by atoms with Gasteiger partial charge < -0.3 is 19.7 Å². The molecular weight excluding hydrogens is 675 g/mol. The van der Waals surface area contributed by atoms with Crippen LogP contribution in [0.2, 0.25) is 10.0 Å². The second-order valence-corrected chi connectivity index (χ2v) is 14.7. The largest absolute Gasteiger partial charge is 0.496 e. The first-order valence-corrected chi connectivity index (χ1v) is 17.9. The summed E-state index contributed by atoms with van der Waals surface area (Å²) in [6, 6.07) is 20.8. The van der Waals surface area contributed by atoms with E-state index in [9.17, 15) is 19.8 Å². The van der Waals surface area contributed by atoms with E-state index in [1.54, 1.807) is 14.2 Å². The summed E-state index contributed by atoms with van der Waals surface area (Å²) < 4.78 is 11.9. The molecule has 2 aliphatic heterocycles. The Morgan fingerprint density at radius 1 is 0.640 bits per heavy atom. The standard InChI is InChI=1S/C40H38Cl2N2O6/c1-49-33-15-23(13-21-9-11-31(35(21)33)43-17-25(18-43)39(45)46)27-5-3-7-29(37(27)41)30-8-4-6-28(38(30)42)24-14-22-10-12-32(36(22)34(16-24)50-2)44-19-26(20-44)40(47)48/h3-8,13-16,25-26,31-32H,9-12,17-20H2,1-2H3,(H,45,46)(H,47,48)/t31-,32-/m1/s1. The van der Waals surface area contributed by atoms with Gasteiger partial charge in [-0.15, -0.1) is 0 Å². The van der Waals surface area contributed by atoms with Crippen LogP contribution in [0, 0.1) is 11.8 Å². The molecule has 4 aliphatic rings. The molecule has 2 aliphatic carbocycles. The van der Waals surface area contributed by atoms with Crippen LogP contribution in [0.4, 0.5) is 0 Å². The highest BCUT2D eigenvalue weighted by atomic mass is 35.5. The minimum absolute atomic E-state index is 0.150. The van der Waals surface area contributed by atoms with Crippen LogP contribution >= 0.6 is 23.2 Å². The maximum Gasteiger partial charge on any atom is 0.309 e. The molecule has 0 amide bonds. The molecule has 2 saturated heterocycles. The molecule has 2 fully saturated rings. The predicted molar refractivity (Wildman–Crippen MR) is 193 cm³/mol. The number of aliphatic carboxylic acids is 2. The summed E-state index contributed by atoms with van der Waals surface area (Å²) in [7, 11) is 3.37. The van der Waals surface area contributed by atoms with Gasteiger partial charge in [0, 0.05) is 71.6 Å². The normalized spacial score (nSPS) is 20.6. The number of aryl methyl sites for hydroxylation is 2. The van der Waals surface area contributed by atoms with Crippen LogP contribution in [0.3, 0.4) is 0 Å². The Labute approximate surface area is 301 Å². The number of hydrogen-bond acceptors (Lipinski definition) is 6. The van der Waals surface area contributed by atoms with Gasteiger partial charge in [0.05, 0.1) is 36.1 Å². The topological polar surface area (TPSA) is 99.5 Å². The van der Waals surface area contributed by atoms with E-state index in [4.69, 9.17) is 32.7 Å². The summed E-state index contributed by atoms with van der Waals surface area (Å²) in [6.45, 7) is 2.24. The van der Waals surface area contributed by atoms with Crippen molar-refractivity contribution in [3.05, 3.63) is 93.0 Å². The molecule has 8 rings (SSSR count). The highest BCUT2D eigenvalue weighted by molar-refractivity contribution is 6.39. The molecule has 50 heavy (non-hydrogen) atoms. The quantitative estimate of drug-likeness (QED) is 0.180. The molecule has 2 heterocycles. The van der Waals surface area contributed by atoms with Gasteiger partial charge in [-0.1, -0.05) is 71.7 Å². The third-order valence-electron chi connectivity index (χ3n) is 11.2. The van der Waals surface area contributed by atoms with E-state index in [2.05, 4.69) is 21.9 Å². The van der Waals surface area contributed by atoms with Gasteiger partial charge in [-0.05, 0) is 60.1 Å². The third kappa shape index (κ3) is 5.44. The van der Waals surface area contributed by atoms with Gasteiger partial charge in [0.15, 0.2) is 0 Å². The van der Waals surface area contributed by atoms with Gasteiger partial charge in [-0.25, -0.2) is 0 Å². The van der Waals surface area contributed by atoms with Crippen molar-refractivity contribution in [2.24, 2.45) is 11.8 Å². The molecule has 258 valence electrons. The summed E-state index contributed by atoms with van der Waals surface area (Å²) in [4.78, 5) is 27.3. The average Bonchev–Trinajstić information content (AvgIpc) is 3.67. The Bertz CT molecular complexity index is 1890. The van der Waals surface area contributed by atoms with E-state index in [1.807, 2.05) is 48.5 Å². The smallest absolute Gasteiger partial charge is 0.309 e.